The summed E-state index contributed by atoms with van der Waals surface area (Å²) in [6.45, 7) is 0.894. The molecule has 1 atom stereocenters. The van der Waals surface area contributed by atoms with Crippen molar-refractivity contribution in [3.05, 3.63) is 34.9 Å². The van der Waals surface area contributed by atoms with E-state index in [-0.39, 0.29) is 5.91 Å². The van der Waals surface area contributed by atoms with Crippen LogP contribution in [0.3, 0.4) is 0 Å². The number of amides is 1. The predicted octanol–water partition coefficient (Wildman–Crippen LogP) is 2.21. The van der Waals surface area contributed by atoms with Crippen LogP contribution < -0.4 is 0 Å². The fourth-order valence-electron chi connectivity index (χ4n) is 2.25. The Morgan fingerprint density at radius 1 is 1.32 bits per heavy atom. The van der Waals surface area contributed by atoms with Crippen molar-refractivity contribution in [2.24, 2.45) is 5.92 Å². The molecule has 1 aliphatic rings. The Morgan fingerprint density at radius 2 is 2.00 bits per heavy atom. The van der Waals surface area contributed by atoms with Crippen LogP contribution in [-0.2, 0) is 16.0 Å². The molecule has 1 aromatic rings. The van der Waals surface area contributed by atoms with Gasteiger partial charge in [0, 0.05) is 24.5 Å². The van der Waals surface area contributed by atoms with E-state index in [0.717, 1.165) is 5.56 Å². The molecular formula is C14H16ClNO3. The van der Waals surface area contributed by atoms with Gasteiger partial charge in [0.2, 0.25) is 5.91 Å². The number of carboxylic acid groups (broad SMARTS) is 1. The summed E-state index contributed by atoms with van der Waals surface area (Å²) in [5.74, 6) is -1.19. The largest absolute Gasteiger partial charge is 0.481 e. The zero-order valence-electron chi connectivity index (χ0n) is 10.5. The van der Waals surface area contributed by atoms with Gasteiger partial charge in [0.25, 0.3) is 0 Å². The molecule has 2 rings (SSSR count). The van der Waals surface area contributed by atoms with E-state index in [1.807, 2.05) is 12.1 Å². The van der Waals surface area contributed by atoms with Crippen LogP contribution in [0, 0.1) is 5.92 Å². The normalized spacial score (nSPS) is 18.6. The van der Waals surface area contributed by atoms with E-state index in [1.165, 1.54) is 0 Å². The number of rotatable bonds is 4. The number of nitrogens with zero attached hydrogens (tertiary/aromatic N) is 1. The number of carboxylic acids is 1. The predicted molar refractivity (Wildman–Crippen MR) is 72.1 cm³/mol. The average molecular weight is 282 g/mol. The Hall–Kier alpha value is -1.55. The van der Waals surface area contributed by atoms with Crippen molar-refractivity contribution in [3.63, 3.8) is 0 Å². The molecule has 102 valence electrons. The summed E-state index contributed by atoms with van der Waals surface area (Å²) < 4.78 is 0. The van der Waals surface area contributed by atoms with Crippen LogP contribution in [0.5, 0.6) is 0 Å². The molecule has 0 radical (unpaired) electrons. The summed E-state index contributed by atoms with van der Waals surface area (Å²) in [6, 6.07) is 7.41. The third kappa shape index (κ3) is 3.70. The number of hydrogen-bond acceptors (Lipinski definition) is 2. The molecule has 1 aromatic carbocycles. The number of aryl methyl sites for hydroxylation is 1. The molecule has 0 saturated carbocycles. The minimum Gasteiger partial charge on any atom is -0.481 e. The second-order valence-electron chi connectivity index (χ2n) is 4.79. The summed E-state index contributed by atoms with van der Waals surface area (Å²) in [4.78, 5) is 24.4. The third-order valence-electron chi connectivity index (χ3n) is 3.43. The summed E-state index contributed by atoms with van der Waals surface area (Å²) in [5, 5.41) is 9.58. The molecule has 1 aliphatic heterocycles. The van der Waals surface area contributed by atoms with Crippen LogP contribution in [-0.4, -0.2) is 35.0 Å². The number of hydrogen-bond donors (Lipinski definition) is 1. The second-order valence-corrected chi connectivity index (χ2v) is 5.23. The molecule has 1 fully saturated rings. The number of halogens is 1. The van der Waals surface area contributed by atoms with Crippen molar-refractivity contribution >= 4 is 23.5 Å². The van der Waals surface area contributed by atoms with Crippen molar-refractivity contribution in [3.8, 4) is 0 Å². The van der Waals surface area contributed by atoms with E-state index in [0.29, 0.717) is 37.4 Å². The number of likely N-dealkylation sites (tertiary alicyclic amines) is 1. The van der Waals surface area contributed by atoms with Gasteiger partial charge in [0.15, 0.2) is 0 Å². The van der Waals surface area contributed by atoms with Crippen LogP contribution in [0.4, 0.5) is 0 Å². The molecule has 0 unspecified atom stereocenters. The maximum atomic E-state index is 12.0. The molecule has 19 heavy (non-hydrogen) atoms. The fourth-order valence-corrected chi connectivity index (χ4v) is 2.37. The minimum absolute atomic E-state index is 0.0266. The van der Waals surface area contributed by atoms with Gasteiger partial charge in [0.1, 0.15) is 0 Å². The lowest BCUT2D eigenvalue weighted by molar-refractivity contribution is -0.141. The first-order valence-corrected chi connectivity index (χ1v) is 6.69. The first-order valence-electron chi connectivity index (χ1n) is 6.31. The summed E-state index contributed by atoms with van der Waals surface area (Å²) >= 11 is 5.79. The third-order valence-corrected chi connectivity index (χ3v) is 3.68. The molecule has 0 aliphatic carbocycles. The highest BCUT2D eigenvalue weighted by Gasteiger charge is 2.30. The van der Waals surface area contributed by atoms with E-state index < -0.39 is 11.9 Å². The molecule has 0 spiro atoms. The van der Waals surface area contributed by atoms with Crippen LogP contribution in [0.25, 0.3) is 0 Å². The van der Waals surface area contributed by atoms with Gasteiger partial charge in [0.05, 0.1) is 5.92 Å². The Bertz CT molecular complexity index is 472. The molecule has 1 amide bonds. The maximum absolute atomic E-state index is 12.0. The summed E-state index contributed by atoms with van der Waals surface area (Å²) in [6.07, 6.45) is 1.63. The van der Waals surface area contributed by atoms with E-state index in [9.17, 15) is 9.59 Å². The van der Waals surface area contributed by atoms with Gasteiger partial charge >= 0.3 is 5.97 Å². The molecule has 4 nitrogen and oxygen atoms in total. The number of aliphatic carboxylic acids is 1. The summed E-state index contributed by atoms with van der Waals surface area (Å²) in [7, 11) is 0. The van der Waals surface area contributed by atoms with Gasteiger partial charge in [-0.3, -0.25) is 9.59 Å². The standard InChI is InChI=1S/C14H16ClNO3/c15-12-4-1-10(2-5-12)3-6-13(17)16-8-7-11(9-16)14(18)19/h1-2,4-5,11H,3,6-9H2,(H,18,19)/t11-/m1/s1. The van der Waals surface area contributed by atoms with Crippen molar-refractivity contribution in [2.45, 2.75) is 19.3 Å². The SMILES string of the molecule is O=C(O)[C@@H]1CCN(C(=O)CCc2ccc(Cl)cc2)C1. The van der Waals surface area contributed by atoms with Crippen LogP contribution >= 0.6 is 11.6 Å². The Labute approximate surface area is 117 Å². The fraction of sp³-hybridized carbons (Fsp3) is 0.429. The molecule has 0 aromatic heterocycles. The highest BCUT2D eigenvalue weighted by molar-refractivity contribution is 6.30. The van der Waals surface area contributed by atoms with Gasteiger partial charge in [-0.25, -0.2) is 0 Å². The Balaban J connectivity index is 1.82. The maximum Gasteiger partial charge on any atom is 0.308 e. The van der Waals surface area contributed by atoms with Gasteiger partial charge in [-0.05, 0) is 30.5 Å². The van der Waals surface area contributed by atoms with E-state index >= 15 is 0 Å². The number of carbonyl (C=O) groups excluding carboxylic acids is 1. The molecule has 0 bridgehead atoms. The van der Waals surface area contributed by atoms with Crippen molar-refractivity contribution in [1.29, 1.82) is 0 Å². The quantitative estimate of drug-likeness (QED) is 0.920. The smallest absolute Gasteiger partial charge is 0.308 e. The lowest BCUT2D eigenvalue weighted by Gasteiger charge is -2.15. The summed E-state index contributed by atoms with van der Waals surface area (Å²) in [5.41, 5.74) is 1.06. The van der Waals surface area contributed by atoms with Gasteiger partial charge in [-0.2, -0.15) is 0 Å². The van der Waals surface area contributed by atoms with E-state index in [1.54, 1.807) is 17.0 Å². The molecule has 5 heteroatoms. The average Bonchev–Trinajstić information content (AvgIpc) is 2.87. The van der Waals surface area contributed by atoms with Crippen LogP contribution in [0.1, 0.15) is 18.4 Å². The molecule has 1 saturated heterocycles. The zero-order valence-corrected chi connectivity index (χ0v) is 11.3. The van der Waals surface area contributed by atoms with E-state index in [4.69, 9.17) is 16.7 Å². The zero-order chi connectivity index (χ0) is 13.8. The van der Waals surface area contributed by atoms with Crippen molar-refractivity contribution in [2.75, 3.05) is 13.1 Å². The Morgan fingerprint density at radius 3 is 2.58 bits per heavy atom. The highest BCUT2D eigenvalue weighted by atomic mass is 35.5. The van der Waals surface area contributed by atoms with E-state index in [2.05, 4.69) is 0 Å². The van der Waals surface area contributed by atoms with Gasteiger partial charge in [-0.1, -0.05) is 23.7 Å². The van der Waals surface area contributed by atoms with Gasteiger partial charge < -0.3 is 10.0 Å². The number of carbonyl (C=O) groups is 2. The second kappa shape index (κ2) is 6.06. The molecule has 1 heterocycles. The van der Waals surface area contributed by atoms with Crippen LogP contribution in [0.2, 0.25) is 5.02 Å². The first kappa shape index (κ1) is 13.9. The lowest BCUT2D eigenvalue weighted by atomic mass is 10.1. The Kier molecular flexibility index (Phi) is 4.43. The van der Waals surface area contributed by atoms with Crippen molar-refractivity contribution in [1.82, 2.24) is 4.90 Å². The highest BCUT2D eigenvalue weighted by Crippen LogP contribution is 2.18. The molecular weight excluding hydrogens is 266 g/mol. The minimum atomic E-state index is -0.812. The van der Waals surface area contributed by atoms with Crippen LogP contribution in [0.15, 0.2) is 24.3 Å². The monoisotopic (exact) mass is 281 g/mol. The first-order chi connectivity index (χ1) is 9.06. The topological polar surface area (TPSA) is 57.6 Å². The van der Waals surface area contributed by atoms with Crippen molar-refractivity contribution < 1.29 is 14.7 Å². The lowest BCUT2D eigenvalue weighted by Crippen LogP contribution is -2.30. The van der Waals surface area contributed by atoms with Gasteiger partial charge in [-0.15, -0.1) is 0 Å². The molecule has 1 N–H and O–H groups in total. The number of benzene rings is 1.